The second kappa shape index (κ2) is 4.87. The zero-order valence-electron chi connectivity index (χ0n) is 9.93. The highest BCUT2D eigenvalue weighted by molar-refractivity contribution is 6.32. The Bertz CT molecular complexity index is 518. The molecule has 1 N–H and O–H groups in total. The molecular weight excluding hydrogens is 252 g/mol. The molecule has 18 heavy (non-hydrogen) atoms. The van der Waals surface area contributed by atoms with Gasteiger partial charge in [-0.2, -0.15) is 5.26 Å². The third kappa shape index (κ3) is 2.14. The monoisotopic (exact) mass is 264 g/mol. The summed E-state index contributed by atoms with van der Waals surface area (Å²) in [6.07, 6.45) is 0. The fourth-order valence-electron chi connectivity index (χ4n) is 2.11. The van der Waals surface area contributed by atoms with Crippen molar-refractivity contribution < 1.29 is 9.90 Å². The van der Waals surface area contributed by atoms with E-state index < -0.39 is 5.97 Å². The molecule has 1 saturated heterocycles. The standard InChI is InChI=1S/C13H13ClN2O2/c1-8(13(17)18)9-6-16(7-9)12-4-2-3-11(14)10(12)5-15/h2-4,8-9H,6-7H2,1H3,(H,17,18). The SMILES string of the molecule is CC(C(=O)O)C1CN(c2cccc(Cl)c2C#N)C1. The van der Waals surface area contributed by atoms with E-state index in [1.54, 1.807) is 19.1 Å². The summed E-state index contributed by atoms with van der Waals surface area (Å²) in [5.74, 6) is -0.995. The molecule has 0 radical (unpaired) electrons. The average Bonchev–Trinajstić information content (AvgIpc) is 2.27. The predicted molar refractivity (Wildman–Crippen MR) is 68.7 cm³/mol. The Balaban J connectivity index is 2.12. The molecule has 0 aromatic heterocycles. The number of carbonyl (C=O) groups is 1. The van der Waals surface area contributed by atoms with Gasteiger partial charge in [0, 0.05) is 19.0 Å². The molecule has 0 saturated carbocycles. The number of halogens is 1. The Morgan fingerprint density at radius 2 is 2.28 bits per heavy atom. The number of carboxylic acid groups (broad SMARTS) is 1. The normalized spacial score (nSPS) is 16.8. The van der Waals surface area contributed by atoms with Gasteiger partial charge in [-0.3, -0.25) is 4.79 Å². The molecular formula is C13H13ClN2O2. The molecule has 2 rings (SSSR count). The lowest BCUT2D eigenvalue weighted by Crippen LogP contribution is -2.51. The van der Waals surface area contributed by atoms with E-state index >= 15 is 0 Å². The van der Waals surface area contributed by atoms with E-state index in [0.717, 1.165) is 5.69 Å². The Labute approximate surface area is 110 Å². The molecule has 0 aliphatic carbocycles. The predicted octanol–water partition coefficient (Wildman–Crippen LogP) is 2.37. The molecule has 1 fully saturated rings. The van der Waals surface area contributed by atoms with E-state index in [1.807, 2.05) is 11.0 Å². The van der Waals surface area contributed by atoms with Gasteiger partial charge in [0.1, 0.15) is 6.07 Å². The number of hydrogen-bond donors (Lipinski definition) is 1. The van der Waals surface area contributed by atoms with Crippen molar-refractivity contribution in [2.75, 3.05) is 18.0 Å². The van der Waals surface area contributed by atoms with E-state index in [1.165, 1.54) is 0 Å². The number of carboxylic acids is 1. The maximum atomic E-state index is 10.9. The third-order valence-corrected chi connectivity index (χ3v) is 3.77. The van der Waals surface area contributed by atoms with Crippen LogP contribution in [0.5, 0.6) is 0 Å². The number of aliphatic carboxylic acids is 1. The highest BCUT2D eigenvalue weighted by Crippen LogP contribution is 2.34. The van der Waals surface area contributed by atoms with Gasteiger partial charge >= 0.3 is 5.97 Å². The number of nitrogens with zero attached hydrogens (tertiary/aromatic N) is 2. The summed E-state index contributed by atoms with van der Waals surface area (Å²) >= 11 is 5.96. The van der Waals surface area contributed by atoms with E-state index in [-0.39, 0.29) is 11.8 Å². The van der Waals surface area contributed by atoms with Crippen molar-refractivity contribution in [3.8, 4) is 6.07 Å². The molecule has 5 heteroatoms. The Hall–Kier alpha value is -1.73. The zero-order chi connectivity index (χ0) is 13.3. The molecule has 1 aliphatic heterocycles. The summed E-state index contributed by atoms with van der Waals surface area (Å²) in [5.41, 5.74) is 1.25. The third-order valence-electron chi connectivity index (χ3n) is 3.45. The van der Waals surface area contributed by atoms with Gasteiger partial charge in [-0.05, 0) is 12.1 Å². The van der Waals surface area contributed by atoms with Crippen LogP contribution in [-0.2, 0) is 4.79 Å². The summed E-state index contributed by atoms with van der Waals surface area (Å²) in [6, 6.07) is 7.41. The van der Waals surface area contributed by atoms with Crippen LogP contribution in [0.4, 0.5) is 5.69 Å². The minimum Gasteiger partial charge on any atom is -0.481 e. The molecule has 0 bridgehead atoms. The Morgan fingerprint density at radius 3 is 2.83 bits per heavy atom. The summed E-state index contributed by atoms with van der Waals surface area (Å²) < 4.78 is 0. The second-order valence-corrected chi connectivity index (χ2v) is 4.94. The molecule has 0 spiro atoms. The Morgan fingerprint density at radius 1 is 1.61 bits per heavy atom. The van der Waals surface area contributed by atoms with Crippen molar-refractivity contribution in [1.82, 2.24) is 0 Å². The number of rotatable bonds is 3. The van der Waals surface area contributed by atoms with E-state index in [9.17, 15) is 4.79 Å². The van der Waals surface area contributed by atoms with E-state index in [4.69, 9.17) is 22.0 Å². The minimum absolute atomic E-state index is 0.132. The zero-order valence-corrected chi connectivity index (χ0v) is 10.7. The smallest absolute Gasteiger partial charge is 0.306 e. The van der Waals surface area contributed by atoms with Gasteiger partial charge < -0.3 is 10.0 Å². The van der Waals surface area contributed by atoms with Crippen LogP contribution in [0.25, 0.3) is 0 Å². The quantitative estimate of drug-likeness (QED) is 0.910. The average molecular weight is 265 g/mol. The van der Waals surface area contributed by atoms with E-state index in [2.05, 4.69) is 6.07 Å². The topological polar surface area (TPSA) is 64.3 Å². The maximum Gasteiger partial charge on any atom is 0.306 e. The largest absolute Gasteiger partial charge is 0.481 e. The highest BCUT2D eigenvalue weighted by Gasteiger charge is 2.35. The lowest BCUT2D eigenvalue weighted by molar-refractivity contribution is -0.143. The van der Waals surface area contributed by atoms with Crippen LogP contribution < -0.4 is 4.90 Å². The first kappa shape index (κ1) is 12.7. The van der Waals surface area contributed by atoms with Crippen LogP contribution in [0.15, 0.2) is 18.2 Å². The van der Waals surface area contributed by atoms with Crippen LogP contribution in [0, 0.1) is 23.2 Å². The summed E-state index contributed by atoms with van der Waals surface area (Å²) in [7, 11) is 0. The van der Waals surface area contributed by atoms with Gasteiger partial charge in [-0.1, -0.05) is 24.6 Å². The molecule has 94 valence electrons. The van der Waals surface area contributed by atoms with Crippen LogP contribution in [0.3, 0.4) is 0 Å². The molecule has 1 aromatic rings. The van der Waals surface area contributed by atoms with Gasteiger partial charge in [-0.15, -0.1) is 0 Å². The van der Waals surface area contributed by atoms with Crippen molar-refractivity contribution >= 4 is 23.3 Å². The van der Waals surface area contributed by atoms with Gasteiger partial charge in [-0.25, -0.2) is 0 Å². The van der Waals surface area contributed by atoms with Gasteiger partial charge in [0.25, 0.3) is 0 Å². The van der Waals surface area contributed by atoms with Crippen molar-refractivity contribution in [3.63, 3.8) is 0 Å². The summed E-state index contributed by atoms with van der Waals surface area (Å²) in [6.45, 7) is 3.03. The number of benzene rings is 1. The minimum atomic E-state index is -0.772. The molecule has 0 amide bonds. The molecule has 1 heterocycles. The fraction of sp³-hybridized carbons (Fsp3) is 0.385. The highest BCUT2D eigenvalue weighted by atomic mass is 35.5. The molecule has 1 unspecified atom stereocenters. The van der Waals surface area contributed by atoms with Crippen LogP contribution in [-0.4, -0.2) is 24.2 Å². The van der Waals surface area contributed by atoms with Crippen LogP contribution in [0.1, 0.15) is 12.5 Å². The van der Waals surface area contributed by atoms with Crippen LogP contribution in [0.2, 0.25) is 5.02 Å². The first-order valence-electron chi connectivity index (χ1n) is 5.71. The number of hydrogen-bond acceptors (Lipinski definition) is 3. The maximum absolute atomic E-state index is 10.9. The molecule has 1 aromatic carbocycles. The summed E-state index contributed by atoms with van der Waals surface area (Å²) in [5, 5.41) is 18.4. The van der Waals surface area contributed by atoms with Gasteiger partial charge in [0.15, 0.2) is 0 Å². The lowest BCUT2D eigenvalue weighted by atomic mass is 9.86. The molecule has 1 aliphatic rings. The number of nitriles is 1. The first-order chi connectivity index (χ1) is 8.54. The van der Waals surface area contributed by atoms with Crippen molar-refractivity contribution in [2.24, 2.45) is 11.8 Å². The van der Waals surface area contributed by atoms with Crippen molar-refractivity contribution in [3.05, 3.63) is 28.8 Å². The molecule has 1 atom stereocenters. The molecule has 4 nitrogen and oxygen atoms in total. The van der Waals surface area contributed by atoms with Crippen LogP contribution >= 0.6 is 11.6 Å². The number of anilines is 1. The van der Waals surface area contributed by atoms with E-state index in [0.29, 0.717) is 23.7 Å². The first-order valence-corrected chi connectivity index (χ1v) is 6.08. The van der Waals surface area contributed by atoms with Crippen molar-refractivity contribution in [2.45, 2.75) is 6.92 Å². The van der Waals surface area contributed by atoms with Gasteiger partial charge in [0.05, 0.1) is 22.2 Å². The van der Waals surface area contributed by atoms with Crippen molar-refractivity contribution in [1.29, 1.82) is 5.26 Å². The second-order valence-electron chi connectivity index (χ2n) is 4.54. The van der Waals surface area contributed by atoms with Gasteiger partial charge in [0.2, 0.25) is 0 Å². The summed E-state index contributed by atoms with van der Waals surface area (Å²) in [4.78, 5) is 12.9. The fourth-order valence-corrected chi connectivity index (χ4v) is 2.33. The lowest BCUT2D eigenvalue weighted by Gasteiger charge is -2.43. The Kier molecular flexibility index (Phi) is 3.44.